The molecule has 0 spiro atoms. The molecule has 0 aliphatic heterocycles. The average Bonchev–Trinajstić information content (AvgIpc) is 3.11. The van der Waals surface area contributed by atoms with E-state index < -0.39 is 0 Å². The van der Waals surface area contributed by atoms with Gasteiger partial charge in [-0.2, -0.15) is 0 Å². The van der Waals surface area contributed by atoms with Crippen LogP contribution in [0.2, 0.25) is 0 Å². The smallest absolute Gasteiger partial charge is 0.268 e. The maximum absolute atomic E-state index is 12.6. The SMILES string of the molecule is O=C(NCc1cccnc1)c1cc2occc2n1CC1CCC1. The van der Waals surface area contributed by atoms with Gasteiger partial charge in [-0.05, 0) is 30.4 Å². The second-order valence-electron chi connectivity index (χ2n) is 6.15. The van der Waals surface area contributed by atoms with Gasteiger partial charge in [0.1, 0.15) is 5.69 Å². The molecule has 1 fully saturated rings. The number of nitrogens with zero attached hydrogens (tertiary/aromatic N) is 2. The van der Waals surface area contributed by atoms with Gasteiger partial charge in [-0.3, -0.25) is 9.78 Å². The van der Waals surface area contributed by atoms with Gasteiger partial charge in [0, 0.05) is 37.6 Å². The Kier molecular flexibility index (Phi) is 3.61. The molecule has 0 unspecified atom stereocenters. The van der Waals surface area contributed by atoms with Crippen LogP contribution in [-0.4, -0.2) is 15.5 Å². The number of nitrogens with one attached hydrogen (secondary N) is 1. The molecule has 1 amide bonds. The lowest BCUT2D eigenvalue weighted by atomic mass is 9.85. The number of rotatable bonds is 5. The van der Waals surface area contributed by atoms with Gasteiger partial charge in [-0.15, -0.1) is 0 Å². The Bertz CT molecular complexity index is 815. The summed E-state index contributed by atoms with van der Waals surface area (Å²) in [4.78, 5) is 16.7. The predicted octanol–water partition coefficient (Wildman–Crippen LogP) is 3.36. The molecule has 0 atom stereocenters. The molecule has 1 N–H and O–H groups in total. The minimum atomic E-state index is -0.0698. The molecule has 118 valence electrons. The molecular formula is C18H19N3O2. The second kappa shape index (κ2) is 5.91. The van der Waals surface area contributed by atoms with Crippen molar-refractivity contribution >= 4 is 17.0 Å². The number of hydrogen-bond donors (Lipinski definition) is 1. The van der Waals surface area contributed by atoms with Crippen LogP contribution in [0.5, 0.6) is 0 Å². The molecular weight excluding hydrogens is 290 g/mol. The summed E-state index contributed by atoms with van der Waals surface area (Å²) in [5, 5.41) is 2.97. The number of amides is 1. The summed E-state index contributed by atoms with van der Waals surface area (Å²) < 4.78 is 7.57. The van der Waals surface area contributed by atoms with Gasteiger partial charge in [0.05, 0.1) is 11.8 Å². The van der Waals surface area contributed by atoms with E-state index in [-0.39, 0.29) is 5.91 Å². The minimum absolute atomic E-state index is 0.0698. The van der Waals surface area contributed by atoms with Crippen LogP contribution < -0.4 is 5.32 Å². The number of aromatic nitrogens is 2. The highest BCUT2D eigenvalue weighted by atomic mass is 16.3. The third-order valence-corrected chi connectivity index (χ3v) is 4.60. The first-order valence-corrected chi connectivity index (χ1v) is 8.05. The van der Waals surface area contributed by atoms with E-state index in [1.807, 2.05) is 24.3 Å². The zero-order valence-corrected chi connectivity index (χ0v) is 12.9. The largest absolute Gasteiger partial charge is 0.463 e. The van der Waals surface area contributed by atoms with Crippen molar-refractivity contribution in [1.82, 2.24) is 14.9 Å². The standard InChI is InChI=1S/C18H19N3O2/c22-18(20-11-14-5-2-7-19-10-14)16-9-17-15(6-8-23-17)21(16)12-13-3-1-4-13/h2,5-10,13H,1,3-4,11-12H2,(H,20,22). The highest BCUT2D eigenvalue weighted by Gasteiger charge is 2.23. The van der Waals surface area contributed by atoms with Crippen LogP contribution in [0.1, 0.15) is 35.3 Å². The van der Waals surface area contributed by atoms with Crippen LogP contribution in [0.15, 0.2) is 47.3 Å². The number of carbonyl (C=O) groups is 1. The van der Waals surface area contributed by atoms with Gasteiger partial charge >= 0.3 is 0 Å². The van der Waals surface area contributed by atoms with Crippen LogP contribution in [0.3, 0.4) is 0 Å². The number of furan rings is 1. The number of carbonyl (C=O) groups excluding carboxylic acids is 1. The summed E-state index contributed by atoms with van der Waals surface area (Å²) in [7, 11) is 0. The van der Waals surface area contributed by atoms with E-state index in [4.69, 9.17) is 4.42 Å². The highest BCUT2D eigenvalue weighted by molar-refractivity contribution is 5.97. The number of fused-ring (bicyclic) bond motifs is 1. The summed E-state index contributed by atoms with van der Waals surface area (Å²) in [5.74, 6) is 0.602. The fourth-order valence-corrected chi connectivity index (χ4v) is 3.07. The molecule has 3 aromatic heterocycles. The molecule has 23 heavy (non-hydrogen) atoms. The molecule has 4 rings (SSSR count). The molecule has 3 heterocycles. The van der Waals surface area contributed by atoms with Crippen LogP contribution in [-0.2, 0) is 13.1 Å². The molecule has 3 aromatic rings. The van der Waals surface area contributed by atoms with E-state index in [9.17, 15) is 4.79 Å². The third kappa shape index (κ3) is 2.74. The number of hydrogen-bond acceptors (Lipinski definition) is 3. The molecule has 1 aliphatic carbocycles. The van der Waals surface area contributed by atoms with Crippen LogP contribution >= 0.6 is 0 Å². The Hall–Kier alpha value is -2.56. The zero-order chi connectivity index (χ0) is 15.6. The van der Waals surface area contributed by atoms with Gasteiger partial charge in [-0.25, -0.2) is 0 Å². The van der Waals surface area contributed by atoms with Crippen molar-refractivity contribution in [2.45, 2.75) is 32.4 Å². The summed E-state index contributed by atoms with van der Waals surface area (Å²) in [6.07, 6.45) is 8.95. The maximum Gasteiger partial charge on any atom is 0.268 e. The lowest BCUT2D eigenvalue weighted by Crippen LogP contribution is -2.27. The van der Waals surface area contributed by atoms with Crippen molar-refractivity contribution in [1.29, 1.82) is 0 Å². The predicted molar refractivity (Wildman–Crippen MR) is 87.0 cm³/mol. The van der Waals surface area contributed by atoms with E-state index >= 15 is 0 Å². The second-order valence-corrected chi connectivity index (χ2v) is 6.15. The summed E-state index contributed by atoms with van der Waals surface area (Å²) in [5.41, 5.74) is 3.44. The van der Waals surface area contributed by atoms with Crippen molar-refractivity contribution in [3.05, 3.63) is 54.2 Å². The summed E-state index contributed by atoms with van der Waals surface area (Å²) >= 11 is 0. The fraction of sp³-hybridized carbons (Fsp3) is 0.333. The first-order chi connectivity index (χ1) is 11.3. The first kappa shape index (κ1) is 14.1. The lowest BCUT2D eigenvalue weighted by molar-refractivity contribution is 0.0939. The molecule has 0 bridgehead atoms. The molecule has 5 heteroatoms. The first-order valence-electron chi connectivity index (χ1n) is 8.05. The van der Waals surface area contributed by atoms with Crippen LogP contribution in [0.4, 0.5) is 0 Å². The quantitative estimate of drug-likeness (QED) is 0.786. The topological polar surface area (TPSA) is 60.1 Å². The van der Waals surface area contributed by atoms with Crippen molar-refractivity contribution in [2.75, 3.05) is 0 Å². The molecule has 1 aliphatic rings. The average molecular weight is 309 g/mol. The highest BCUT2D eigenvalue weighted by Crippen LogP contribution is 2.31. The van der Waals surface area contributed by atoms with Crippen molar-refractivity contribution in [3.63, 3.8) is 0 Å². The Morgan fingerprint density at radius 2 is 2.30 bits per heavy atom. The normalized spacial score (nSPS) is 14.8. The monoisotopic (exact) mass is 309 g/mol. The van der Waals surface area contributed by atoms with E-state index in [2.05, 4.69) is 14.9 Å². The molecule has 5 nitrogen and oxygen atoms in total. The Morgan fingerprint density at radius 1 is 1.39 bits per heavy atom. The fourth-order valence-electron chi connectivity index (χ4n) is 3.07. The molecule has 0 radical (unpaired) electrons. The van der Waals surface area contributed by atoms with Crippen molar-refractivity contribution in [3.8, 4) is 0 Å². The van der Waals surface area contributed by atoms with Crippen LogP contribution in [0, 0.1) is 5.92 Å². The molecule has 0 aromatic carbocycles. The van der Waals surface area contributed by atoms with Gasteiger partial charge < -0.3 is 14.3 Å². The van der Waals surface area contributed by atoms with E-state index in [1.54, 1.807) is 18.7 Å². The Labute approximate surface area is 134 Å². The van der Waals surface area contributed by atoms with Gasteiger partial charge in [0.2, 0.25) is 0 Å². The Morgan fingerprint density at radius 3 is 3.04 bits per heavy atom. The summed E-state index contributed by atoms with van der Waals surface area (Å²) in [6.45, 7) is 1.36. The molecule has 1 saturated carbocycles. The van der Waals surface area contributed by atoms with Crippen molar-refractivity contribution < 1.29 is 9.21 Å². The minimum Gasteiger partial charge on any atom is -0.463 e. The van der Waals surface area contributed by atoms with E-state index in [1.165, 1.54) is 19.3 Å². The Balaban J connectivity index is 1.55. The summed E-state index contributed by atoms with van der Waals surface area (Å²) in [6, 6.07) is 7.60. The lowest BCUT2D eigenvalue weighted by Gasteiger charge is -2.26. The zero-order valence-electron chi connectivity index (χ0n) is 12.9. The van der Waals surface area contributed by atoms with Crippen LogP contribution in [0.25, 0.3) is 11.1 Å². The van der Waals surface area contributed by atoms with Gasteiger partial charge in [0.15, 0.2) is 5.58 Å². The molecule has 0 saturated heterocycles. The third-order valence-electron chi connectivity index (χ3n) is 4.60. The van der Waals surface area contributed by atoms with Gasteiger partial charge in [-0.1, -0.05) is 12.5 Å². The maximum atomic E-state index is 12.6. The van der Waals surface area contributed by atoms with E-state index in [0.717, 1.165) is 23.2 Å². The van der Waals surface area contributed by atoms with E-state index in [0.29, 0.717) is 18.2 Å². The van der Waals surface area contributed by atoms with Crippen molar-refractivity contribution in [2.24, 2.45) is 5.92 Å². The van der Waals surface area contributed by atoms with Gasteiger partial charge in [0.25, 0.3) is 5.91 Å². The number of pyridine rings is 1.